The average Bonchev–Trinajstić information content (AvgIpc) is 3.25. The van der Waals surface area contributed by atoms with Crippen molar-refractivity contribution in [3.8, 4) is 5.75 Å². The minimum absolute atomic E-state index is 0.171. The zero-order valence-electron chi connectivity index (χ0n) is 15.7. The fourth-order valence-corrected chi connectivity index (χ4v) is 5.81. The third-order valence-electron chi connectivity index (χ3n) is 7.76. The van der Waals surface area contributed by atoms with Crippen LogP contribution in [0.3, 0.4) is 0 Å². The number of carbonyl (C=O) groups is 1. The van der Waals surface area contributed by atoms with Gasteiger partial charge in [0.25, 0.3) is 0 Å². The monoisotopic (exact) mass is 372 g/mol. The summed E-state index contributed by atoms with van der Waals surface area (Å²) in [6.45, 7) is 1.87. The fourth-order valence-electron chi connectivity index (χ4n) is 5.81. The van der Waals surface area contributed by atoms with E-state index in [4.69, 9.17) is 19.3 Å². The van der Waals surface area contributed by atoms with Gasteiger partial charge in [-0.2, -0.15) is 0 Å². The topological polar surface area (TPSA) is 65.0 Å². The Bertz CT molecular complexity index is 740. The van der Waals surface area contributed by atoms with Crippen LogP contribution < -0.4 is 4.74 Å². The SMILES string of the molecule is O=C(O)COCCC12COC3(c4cccc(OCC5CCC5)c4)CCC13C2. The first kappa shape index (κ1) is 17.5. The standard InChI is InChI=1S/C22H28O5/c23-19(24)13-25-10-9-20-14-21(20)7-8-22(21,27-15-20)17-5-2-6-18(11-17)26-12-16-3-1-4-16/h2,5-6,11,16H,1,3-4,7-10,12-15H2,(H,23,24). The summed E-state index contributed by atoms with van der Waals surface area (Å²) in [5, 5.41) is 8.74. The van der Waals surface area contributed by atoms with Crippen molar-refractivity contribution in [1.29, 1.82) is 0 Å². The molecular weight excluding hydrogens is 344 g/mol. The van der Waals surface area contributed by atoms with E-state index in [1.165, 1.54) is 37.7 Å². The maximum atomic E-state index is 10.6. The van der Waals surface area contributed by atoms with Crippen LogP contribution in [0.15, 0.2) is 24.3 Å². The summed E-state index contributed by atoms with van der Waals surface area (Å²) in [5.74, 6) is 0.784. The van der Waals surface area contributed by atoms with Gasteiger partial charge in [0, 0.05) is 17.4 Å². The first-order chi connectivity index (χ1) is 13.1. The maximum absolute atomic E-state index is 10.6. The second-order valence-electron chi connectivity index (χ2n) is 8.99. The van der Waals surface area contributed by atoms with Gasteiger partial charge in [-0.25, -0.2) is 4.79 Å². The first-order valence-electron chi connectivity index (χ1n) is 10.3. The maximum Gasteiger partial charge on any atom is 0.329 e. The van der Waals surface area contributed by atoms with Gasteiger partial charge in [-0.05, 0) is 62.1 Å². The van der Waals surface area contributed by atoms with Crippen molar-refractivity contribution < 1.29 is 24.1 Å². The molecule has 3 saturated carbocycles. The van der Waals surface area contributed by atoms with Crippen molar-refractivity contribution in [2.45, 2.75) is 50.5 Å². The molecule has 3 aliphatic carbocycles. The minimum atomic E-state index is -0.905. The van der Waals surface area contributed by atoms with E-state index in [9.17, 15) is 4.79 Å². The van der Waals surface area contributed by atoms with Crippen LogP contribution in [0.25, 0.3) is 0 Å². The molecule has 5 heteroatoms. The molecule has 5 nitrogen and oxygen atoms in total. The van der Waals surface area contributed by atoms with Crippen molar-refractivity contribution >= 4 is 5.97 Å². The minimum Gasteiger partial charge on any atom is -0.493 e. The molecule has 1 heterocycles. The Morgan fingerprint density at radius 3 is 2.89 bits per heavy atom. The van der Waals surface area contributed by atoms with Crippen LogP contribution in [-0.2, 0) is 19.9 Å². The summed E-state index contributed by atoms with van der Waals surface area (Å²) in [6, 6.07) is 8.52. The van der Waals surface area contributed by atoms with Gasteiger partial charge in [0.1, 0.15) is 12.4 Å². The summed E-state index contributed by atoms with van der Waals surface area (Å²) in [6.07, 6.45) is 8.25. The highest BCUT2D eigenvalue weighted by Crippen LogP contribution is 2.86. The first-order valence-corrected chi connectivity index (χ1v) is 10.3. The molecule has 1 spiro atoms. The molecule has 4 fully saturated rings. The van der Waals surface area contributed by atoms with E-state index in [2.05, 4.69) is 24.3 Å². The van der Waals surface area contributed by atoms with Crippen molar-refractivity contribution in [2.24, 2.45) is 16.7 Å². The zero-order valence-corrected chi connectivity index (χ0v) is 15.7. The molecule has 1 saturated heterocycles. The smallest absolute Gasteiger partial charge is 0.329 e. The molecule has 1 aromatic carbocycles. The second-order valence-corrected chi connectivity index (χ2v) is 8.99. The quantitative estimate of drug-likeness (QED) is 0.669. The largest absolute Gasteiger partial charge is 0.493 e. The van der Waals surface area contributed by atoms with E-state index in [1.807, 2.05) is 0 Å². The second kappa shape index (κ2) is 6.21. The van der Waals surface area contributed by atoms with Gasteiger partial charge in [-0.15, -0.1) is 0 Å². The molecule has 4 aliphatic rings. The van der Waals surface area contributed by atoms with Gasteiger partial charge in [0.15, 0.2) is 0 Å². The lowest BCUT2D eigenvalue weighted by Gasteiger charge is -2.48. The lowest BCUT2D eigenvalue weighted by molar-refractivity contribution is -0.142. The summed E-state index contributed by atoms with van der Waals surface area (Å²) in [4.78, 5) is 10.6. The molecule has 1 N–H and O–H groups in total. The van der Waals surface area contributed by atoms with Gasteiger partial charge in [-0.3, -0.25) is 0 Å². The van der Waals surface area contributed by atoms with Crippen LogP contribution in [0, 0.1) is 16.7 Å². The van der Waals surface area contributed by atoms with Gasteiger partial charge in [0.2, 0.25) is 0 Å². The molecule has 146 valence electrons. The Kier molecular flexibility index (Phi) is 4.03. The molecule has 0 aromatic heterocycles. The van der Waals surface area contributed by atoms with Crippen LogP contribution in [0.5, 0.6) is 5.75 Å². The predicted molar refractivity (Wildman–Crippen MR) is 98.7 cm³/mol. The van der Waals surface area contributed by atoms with Gasteiger partial charge < -0.3 is 19.3 Å². The summed E-state index contributed by atoms with van der Waals surface area (Å²) in [7, 11) is 0. The lowest BCUT2D eigenvalue weighted by atomic mass is 9.60. The van der Waals surface area contributed by atoms with E-state index in [1.54, 1.807) is 0 Å². The number of carboxylic acids is 1. The highest BCUT2D eigenvalue weighted by atomic mass is 16.5. The van der Waals surface area contributed by atoms with E-state index < -0.39 is 5.97 Å². The summed E-state index contributed by atoms with van der Waals surface area (Å²) >= 11 is 0. The van der Waals surface area contributed by atoms with Crippen LogP contribution in [0.1, 0.15) is 50.5 Å². The molecule has 5 rings (SSSR count). The molecule has 1 aliphatic heterocycles. The van der Waals surface area contributed by atoms with Crippen molar-refractivity contribution in [1.82, 2.24) is 0 Å². The van der Waals surface area contributed by atoms with E-state index in [0.717, 1.165) is 37.7 Å². The number of hydrogen-bond donors (Lipinski definition) is 1. The third kappa shape index (κ3) is 2.54. The van der Waals surface area contributed by atoms with E-state index >= 15 is 0 Å². The zero-order chi connectivity index (χ0) is 18.5. The van der Waals surface area contributed by atoms with Crippen LogP contribution >= 0.6 is 0 Å². The summed E-state index contributed by atoms with van der Waals surface area (Å²) < 4.78 is 17.8. The van der Waals surface area contributed by atoms with Gasteiger partial charge in [0.05, 0.1) is 18.8 Å². The number of carboxylic acid groups (broad SMARTS) is 1. The van der Waals surface area contributed by atoms with Crippen LogP contribution in [0.2, 0.25) is 0 Å². The van der Waals surface area contributed by atoms with E-state index in [0.29, 0.717) is 6.61 Å². The number of rotatable bonds is 9. The Morgan fingerprint density at radius 1 is 1.30 bits per heavy atom. The summed E-state index contributed by atoms with van der Waals surface area (Å²) in [5.41, 5.74) is 1.48. The molecule has 0 bridgehead atoms. The predicted octanol–water partition coefficient (Wildman–Crippen LogP) is 3.75. The van der Waals surface area contributed by atoms with Crippen molar-refractivity contribution in [3.63, 3.8) is 0 Å². The number of hydrogen-bond acceptors (Lipinski definition) is 4. The highest BCUT2D eigenvalue weighted by molar-refractivity contribution is 5.67. The van der Waals surface area contributed by atoms with Gasteiger partial charge in [-0.1, -0.05) is 18.6 Å². The Balaban J connectivity index is 1.27. The molecule has 0 radical (unpaired) electrons. The lowest BCUT2D eigenvalue weighted by Crippen LogP contribution is -2.46. The average molecular weight is 372 g/mol. The Labute approximate surface area is 160 Å². The molecule has 0 amide bonds. The van der Waals surface area contributed by atoms with Crippen molar-refractivity contribution in [2.75, 3.05) is 26.4 Å². The molecule has 3 atom stereocenters. The van der Waals surface area contributed by atoms with Crippen molar-refractivity contribution in [3.05, 3.63) is 29.8 Å². The van der Waals surface area contributed by atoms with Crippen LogP contribution in [0.4, 0.5) is 0 Å². The Hall–Kier alpha value is -1.59. The molecule has 1 aromatic rings. The highest BCUT2D eigenvalue weighted by Gasteiger charge is 2.84. The molecule has 27 heavy (non-hydrogen) atoms. The number of benzene rings is 1. The van der Waals surface area contributed by atoms with Gasteiger partial charge >= 0.3 is 5.97 Å². The third-order valence-corrected chi connectivity index (χ3v) is 7.76. The van der Waals surface area contributed by atoms with Crippen LogP contribution in [-0.4, -0.2) is 37.5 Å². The fraction of sp³-hybridized carbons (Fsp3) is 0.682. The molecule has 3 unspecified atom stereocenters. The Morgan fingerprint density at radius 2 is 2.19 bits per heavy atom. The molecular formula is C22H28O5. The number of aliphatic carboxylic acids is 1. The number of ether oxygens (including phenoxy) is 3. The normalized spacial score (nSPS) is 36.3. The van der Waals surface area contributed by atoms with E-state index in [-0.39, 0.29) is 23.0 Å².